The predicted molar refractivity (Wildman–Crippen MR) is 129 cm³/mol. The molecule has 0 saturated carbocycles. The van der Waals surface area contributed by atoms with E-state index in [1.807, 2.05) is 0 Å². The van der Waals surface area contributed by atoms with Crippen molar-refractivity contribution in [3.63, 3.8) is 0 Å². The molecule has 0 bridgehead atoms. The second kappa shape index (κ2) is 9.99. The van der Waals surface area contributed by atoms with Crippen molar-refractivity contribution in [3.8, 4) is 0 Å². The van der Waals surface area contributed by atoms with Crippen LogP contribution in [0.15, 0.2) is 43.0 Å². The van der Waals surface area contributed by atoms with E-state index in [9.17, 15) is 24.6 Å². The first-order valence-corrected chi connectivity index (χ1v) is 11.3. The summed E-state index contributed by atoms with van der Waals surface area (Å²) in [7, 11) is 0. The molecule has 2 aromatic heterocycles. The van der Waals surface area contributed by atoms with Crippen LogP contribution in [0.25, 0.3) is 11.2 Å². The van der Waals surface area contributed by atoms with Gasteiger partial charge in [-0.1, -0.05) is 18.2 Å². The Morgan fingerprint density at radius 1 is 1.19 bits per heavy atom. The highest BCUT2D eigenvalue weighted by atomic mass is 16.6. The number of nitrogens with two attached hydrogens (primary N) is 1. The maximum absolute atomic E-state index is 13.4. The van der Waals surface area contributed by atoms with Crippen LogP contribution in [0.2, 0.25) is 0 Å². The van der Waals surface area contributed by atoms with Crippen molar-refractivity contribution in [1.82, 2.24) is 24.8 Å². The molecule has 3 aromatic rings. The minimum atomic E-state index is -1.64. The molecule has 37 heavy (non-hydrogen) atoms. The van der Waals surface area contributed by atoms with Crippen LogP contribution in [0.3, 0.4) is 0 Å². The van der Waals surface area contributed by atoms with E-state index in [4.69, 9.17) is 15.2 Å². The average molecular weight is 514 g/mol. The van der Waals surface area contributed by atoms with Crippen LogP contribution < -0.4 is 16.0 Å². The van der Waals surface area contributed by atoms with Crippen LogP contribution in [-0.4, -0.2) is 78.1 Å². The molecule has 196 valence electrons. The van der Waals surface area contributed by atoms with Crippen molar-refractivity contribution >= 4 is 40.6 Å². The number of benzene rings is 1. The fourth-order valence-electron chi connectivity index (χ4n) is 4.06. The van der Waals surface area contributed by atoms with Gasteiger partial charge in [-0.2, -0.15) is 0 Å². The fourth-order valence-corrected chi connectivity index (χ4v) is 4.06. The molecule has 4 rings (SSSR count). The zero-order valence-electron chi connectivity index (χ0n) is 20.3. The van der Waals surface area contributed by atoms with Gasteiger partial charge in [0.05, 0.1) is 6.33 Å². The largest absolute Gasteiger partial charge is 0.479 e. The number of aliphatic hydroxyl groups excluding tert-OH is 1. The number of alkyl carbamates (subject to hydrolysis) is 1. The van der Waals surface area contributed by atoms with E-state index in [0.29, 0.717) is 5.69 Å². The number of hydrogen-bond acceptors (Lipinski definition) is 10. The molecule has 14 heteroatoms. The molecule has 1 aliphatic rings. The number of anilines is 2. The second-order valence-corrected chi connectivity index (χ2v) is 9.30. The first-order valence-electron chi connectivity index (χ1n) is 11.3. The number of nitrogens with one attached hydrogen (secondary N) is 1. The zero-order chi connectivity index (χ0) is 26.9. The van der Waals surface area contributed by atoms with E-state index in [1.54, 1.807) is 51.1 Å². The maximum Gasteiger partial charge on any atom is 0.408 e. The highest BCUT2D eigenvalue weighted by molar-refractivity contribution is 5.98. The van der Waals surface area contributed by atoms with Crippen LogP contribution in [0, 0.1) is 0 Å². The number of carbonyl (C=O) groups is 3. The van der Waals surface area contributed by atoms with Crippen molar-refractivity contribution < 1.29 is 34.1 Å². The monoisotopic (exact) mass is 513 g/mol. The minimum absolute atomic E-state index is 0.0943. The van der Waals surface area contributed by atoms with Crippen LogP contribution in [0.5, 0.6) is 0 Å². The zero-order valence-corrected chi connectivity index (χ0v) is 20.3. The van der Waals surface area contributed by atoms with E-state index < -0.39 is 54.6 Å². The van der Waals surface area contributed by atoms with Gasteiger partial charge in [0, 0.05) is 5.69 Å². The molecule has 0 aliphatic carbocycles. The first kappa shape index (κ1) is 25.8. The maximum atomic E-state index is 13.4. The number of ether oxygens (including phenoxy) is 2. The van der Waals surface area contributed by atoms with Gasteiger partial charge in [0.15, 0.2) is 23.8 Å². The summed E-state index contributed by atoms with van der Waals surface area (Å²) < 4.78 is 12.3. The molecular formula is C23H27N7O7. The van der Waals surface area contributed by atoms with Gasteiger partial charge in [0.2, 0.25) is 5.91 Å². The molecular weight excluding hydrogens is 486 g/mol. The van der Waals surface area contributed by atoms with E-state index >= 15 is 0 Å². The lowest BCUT2D eigenvalue weighted by Gasteiger charge is -2.32. The Bertz CT molecular complexity index is 1310. The summed E-state index contributed by atoms with van der Waals surface area (Å²) in [6.45, 7) is 4.49. The van der Waals surface area contributed by atoms with Gasteiger partial charge in [-0.3, -0.25) is 9.36 Å². The van der Waals surface area contributed by atoms with Crippen molar-refractivity contribution in [3.05, 3.63) is 43.0 Å². The molecule has 2 amide bonds. The number of amides is 2. The minimum Gasteiger partial charge on any atom is -0.479 e. The van der Waals surface area contributed by atoms with Crippen LogP contribution in [0.1, 0.15) is 27.0 Å². The van der Waals surface area contributed by atoms with Crippen LogP contribution >= 0.6 is 0 Å². The number of para-hydroxylation sites is 1. The Hall–Kier alpha value is -4.30. The summed E-state index contributed by atoms with van der Waals surface area (Å²) in [4.78, 5) is 51.0. The Morgan fingerprint density at radius 3 is 2.54 bits per heavy atom. The topological polar surface area (TPSA) is 195 Å². The highest BCUT2D eigenvalue weighted by Crippen LogP contribution is 2.36. The van der Waals surface area contributed by atoms with E-state index in [-0.39, 0.29) is 17.0 Å². The number of carbonyl (C=O) groups excluding carboxylic acids is 2. The Morgan fingerprint density at radius 2 is 1.89 bits per heavy atom. The normalized spacial score (nSPS) is 21.5. The number of aromatic nitrogens is 4. The average Bonchev–Trinajstić information content (AvgIpc) is 3.40. The fraction of sp³-hybridized carbons (Fsp3) is 0.391. The lowest BCUT2D eigenvalue weighted by molar-refractivity contribution is -0.152. The van der Waals surface area contributed by atoms with Gasteiger partial charge in [0.1, 0.15) is 36.1 Å². The lowest BCUT2D eigenvalue weighted by Crippen LogP contribution is -2.55. The first-order chi connectivity index (χ1) is 17.5. The Kier molecular flexibility index (Phi) is 6.96. The second-order valence-electron chi connectivity index (χ2n) is 9.30. The molecule has 0 radical (unpaired) electrons. The summed E-state index contributed by atoms with van der Waals surface area (Å²) in [6.07, 6.45) is -2.78. The molecule has 1 fully saturated rings. The quantitative estimate of drug-likeness (QED) is 0.362. The smallest absolute Gasteiger partial charge is 0.408 e. The van der Waals surface area contributed by atoms with Crippen molar-refractivity contribution in [2.45, 2.75) is 50.8 Å². The third-order valence-corrected chi connectivity index (χ3v) is 5.53. The number of rotatable bonds is 6. The van der Waals surface area contributed by atoms with Crippen molar-refractivity contribution in [1.29, 1.82) is 0 Å². The number of fused-ring (bicyclic) bond motifs is 1. The molecule has 3 heterocycles. The van der Waals surface area contributed by atoms with Gasteiger partial charge in [-0.25, -0.2) is 24.5 Å². The van der Waals surface area contributed by atoms with Gasteiger partial charge in [-0.15, -0.1) is 0 Å². The SMILES string of the molecule is CC(C)(C)OC(=O)NCC(=O)N(c1ccccc1)[C@H]1[C@@H](O)[C@H](n2cnc3c(N)ncnc32)O[C@@H]1C(=O)O. The Balaban J connectivity index is 1.68. The van der Waals surface area contributed by atoms with E-state index in [1.165, 1.54) is 17.2 Å². The van der Waals surface area contributed by atoms with E-state index in [2.05, 4.69) is 20.3 Å². The number of nitrogen functional groups attached to an aromatic ring is 1. The van der Waals surface area contributed by atoms with Gasteiger partial charge < -0.3 is 35.6 Å². The predicted octanol–water partition coefficient (Wildman–Crippen LogP) is 0.678. The number of carboxylic acids is 1. The van der Waals surface area contributed by atoms with Crippen LogP contribution in [0.4, 0.5) is 16.3 Å². The number of carboxylic acid groups (broad SMARTS) is 1. The lowest BCUT2D eigenvalue weighted by atomic mass is 10.0. The summed E-state index contributed by atoms with van der Waals surface area (Å²) in [5.41, 5.74) is 5.80. The number of hydrogen-bond donors (Lipinski definition) is 4. The summed E-state index contributed by atoms with van der Waals surface area (Å²) >= 11 is 0. The number of nitrogens with zero attached hydrogens (tertiary/aromatic N) is 5. The molecule has 1 aromatic carbocycles. The number of aliphatic carboxylic acids is 1. The molecule has 0 unspecified atom stereocenters. The third-order valence-electron chi connectivity index (χ3n) is 5.53. The molecule has 14 nitrogen and oxygen atoms in total. The summed E-state index contributed by atoms with van der Waals surface area (Å²) in [5.74, 6) is -2.01. The van der Waals surface area contributed by atoms with Crippen molar-refractivity contribution in [2.75, 3.05) is 17.2 Å². The molecule has 1 saturated heterocycles. The summed E-state index contributed by atoms with van der Waals surface area (Å²) in [5, 5.41) is 23.7. The molecule has 0 spiro atoms. The highest BCUT2D eigenvalue weighted by Gasteiger charge is 2.53. The third kappa shape index (κ3) is 5.29. The van der Waals surface area contributed by atoms with Gasteiger partial charge in [-0.05, 0) is 32.9 Å². The standard InChI is InChI=1S/C23H27N7O7/c1-23(2,3)37-22(35)25-9-13(31)30(12-7-5-4-6-8-12)15-16(32)20(36-17(15)21(33)34)29-11-28-14-18(24)26-10-27-19(14)29/h4-8,10-11,15-17,20,32H,9H2,1-3H3,(H,25,35)(H,33,34)(H2,24,26,27)/t15-,16+,17-,20+/m0/s1. The summed E-state index contributed by atoms with van der Waals surface area (Å²) in [6, 6.07) is 6.78. The van der Waals surface area contributed by atoms with E-state index in [0.717, 1.165) is 4.90 Å². The molecule has 5 N–H and O–H groups in total. The van der Waals surface area contributed by atoms with Gasteiger partial charge in [0.25, 0.3) is 0 Å². The van der Waals surface area contributed by atoms with Crippen molar-refractivity contribution in [2.24, 2.45) is 0 Å². The number of aliphatic hydroxyl groups is 1. The van der Waals surface area contributed by atoms with Crippen LogP contribution in [-0.2, 0) is 19.1 Å². The van der Waals surface area contributed by atoms with Gasteiger partial charge >= 0.3 is 12.1 Å². The molecule has 4 atom stereocenters. The number of imidazole rings is 1. The molecule has 1 aliphatic heterocycles. The Labute approximate surface area is 211 Å².